The number of aromatic amines is 2. The summed E-state index contributed by atoms with van der Waals surface area (Å²) in [5, 5.41) is 6.60. The van der Waals surface area contributed by atoms with Crippen molar-refractivity contribution in [2.24, 2.45) is 0 Å². The smallest absolute Gasteiger partial charge is 0.279 e. The molecular formula is C18H20N6O2. The molecule has 8 heteroatoms. The maximum Gasteiger partial charge on any atom is 0.279 e. The topological polar surface area (TPSA) is 98.0 Å². The largest absolute Gasteiger partial charge is 0.368 e. The minimum absolute atomic E-state index is 0.157. The summed E-state index contributed by atoms with van der Waals surface area (Å²) in [4.78, 5) is 35.2. The molecule has 134 valence electrons. The van der Waals surface area contributed by atoms with E-state index in [9.17, 15) is 9.59 Å². The van der Waals surface area contributed by atoms with Gasteiger partial charge < -0.3 is 14.8 Å². The van der Waals surface area contributed by atoms with Gasteiger partial charge in [0, 0.05) is 31.9 Å². The number of piperazine rings is 1. The number of H-pyrrole nitrogens is 2. The Morgan fingerprint density at radius 3 is 2.65 bits per heavy atom. The molecule has 1 saturated heterocycles. The quantitative estimate of drug-likeness (QED) is 0.723. The molecule has 0 radical (unpaired) electrons. The highest BCUT2D eigenvalue weighted by molar-refractivity contribution is 6.02. The molecule has 0 aliphatic carbocycles. The number of carbonyl (C=O) groups is 1. The number of aryl methyl sites for hydroxylation is 1. The van der Waals surface area contributed by atoms with Crippen LogP contribution in [-0.2, 0) is 0 Å². The molecule has 0 saturated carbocycles. The van der Waals surface area contributed by atoms with Crippen molar-refractivity contribution in [3.8, 4) is 0 Å². The van der Waals surface area contributed by atoms with Gasteiger partial charge in [0.1, 0.15) is 11.2 Å². The zero-order valence-corrected chi connectivity index (χ0v) is 14.7. The molecule has 1 aliphatic heterocycles. The fourth-order valence-electron chi connectivity index (χ4n) is 3.38. The van der Waals surface area contributed by atoms with Gasteiger partial charge in [0.05, 0.1) is 6.33 Å². The number of hydrogen-bond donors (Lipinski definition) is 2. The SMILES string of the molecule is Cc1cccc(N2CCN(C(=O)c3[nH]nc4c(=O)[nH]cnc34)CC2)c1C. The van der Waals surface area contributed by atoms with Crippen molar-refractivity contribution in [3.63, 3.8) is 0 Å². The summed E-state index contributed by atoms with van der Waals surface area (Å²) < 4.78 is 0. The van der Waals surface area contributed by atoms with Crippen molar-refractivity contribution >= 4 is 22.6 Å². The van der Waals surface area contributed by atoms with Gasteiger partial charge in [0.25, 0.3) is 11.5 Å². The summed E-state index contributed by atoms with van der Waals surface area (Å²) in [5.41, 5.74) is 4.14. The second-order valence-electron chi connectivity index (χ2n) is 6.53. The van der Waals surface area contributed by atoms with Crippen molar-refractivity contribution in [3.05, 3.63) is 51.7 Å². The molecule has 8 nitrogen and oxygen atoms in total. The lowest BCUT2D eigenvalue weighted by molar-refractivity contribution is 0.0742. The van der Waals surface area contributed by atoms with Crippen molar-refractivity contribution in [1.82, 2.24) is 25.1 Å². The summed E-state index contributed by atoms with van der Waals surface area (Å²) in [7, 11) is 0. The van der Waals surface area contributed by atoms with Crippen LogP contribution in [0.15, 0.2) is 29.3 Å². The van der Waals surface area contributed by atoms with Crippen LogP contribution < -0.4 is 10.5 Å². The van der Waals surface area contributed by atoms with Gasteiger partial charge in [0.2, 0.25) is 0 Å². The van der Waals surface area contributed by atoms with Crippen LogP contribution in [0.5, 0.6) is 0 Å². The van der Waals surface area contributed by atoms with Gasteiger partial charge in [-0.2, -0.15) is 5.10 Å². The summed E-state index contributed by atoms with van der Waals surface area (Å²) >= 11 is 0. The first-order valence-electron chi connectivity index (χ1n) is 8.58. The van der Waals surface area contributed by atoms with Crippen molar-refractivity contribution in [2.75, 3.05) is 31.1 Å². The van der Waals surface area contributed by atoms with Crippen LogP contribution in [0.3, 0.4) is 0 Å². The molecule has 26 heavy (non-hydrogen) atoms. The van der Waals surface area contributed by atoms with Gasteiger partial charge in [-0.15, -0.1) is 0 Å². The summed E-state index contributed by atoms with van der Waals surface area (Å²) in [5.74, 6) is -0.175. The van der Waals surface area contributed by atoms with Gasteiger partial charge in [0.15, 0.2) is 5.52 Å². The lowest BCUT2D eigenvalue weighted by Crippen LogP contribution is -2.49. The molecule has 1 aliphatic rings. The van der Waals surface area contributed by atoms with Crippen LogP contribution in [-0.4, -0.2) is 57.2 Å². The lowest BCUT2D eigenvalue weighted by Gasteiger charge is -2.36. The van der Waals surface area contributed by atoms with Crippen LogP contribution in [0, 0.1) is 13.8 Å². The average Bonchev–Trinajstić information content (AvgIpc) is 3.09. The molecule has 1 amide bonds. The first kappa shape index (κ1) is 16.3. The highest BCUT2D eigenvalue weighted by Crippen LogP contribution is 2.24. The van der Waals surface area contributed by atoms with E-state index in [1.54, 1.807) is 4.90 Å². The van der Waals surface area contributed by atoms with Gasteiger partial charge in [-0.3, -0.25) is 14.7 Å². The number of amides is 1. The van der Waals surface area contributed by atoms with Crippen LogP contribution >= 0.6 is 0 Å². The van der Waals surface area contributed by atoms with Gasteiger partial charge in [-0.1, -0.05) is 12.1 Å². The fourth-order valence-corrected chi connectivity index (χ4v) is 3.38. The molecule has 3 aromatic rings. The summed E-state index contributed by atoms with van der Waals surface area (Å²) in [6, 6.07) is 6.30. The Morgan fingerprint density at radius 1 is 1.12 bits per heavy atom. The van der Waals surface area contributed by atoms with E-state index < -0.39 is 0 Å². The molecule has 1 aromatic carbocycles. The normalized spacial score (nSPS) is 14.8. The minimum atomic E-state index is -0.356. The third kappa shape index (κ3) is 2.63. The number of rotatable bonds is 2. The van der Waals surface area contributed by atoms with E-state index in [0.717, 1.165) is 13.1 Å². The Balaban J connectivity index is 1.52. The predicted molar refractivity (Wildman–Crippen MR) is 98.5 cm³/mol. The number of nitrogens with one attached hydrogen (secondary N) is 2. The van der Waals surface area contributed by atoms with E-state index in [4.69, 9.17) is 0 Å². The molecule has 3 heterocycles. The van der Waals surface area contributed by atoms with E-state index in [1.165, 1.54) is 23.1 Å². The number of benzene rings is 1. The zero-order valence-electron chi connectivity index (χ0n) is 14.7. The summed E-state index contributed by atoms with van der Waals surface area (Å²) in [6.07, 6.45) is 1.29. The lowest BCUT2D eigenvalue weighted by atomic mass is 10.1. The van der Waals surface area contributed by atoms with E-state index in [0.29, 0.717) is 18.6 Å². The zero-order chi connectivity index (χ0) is 18.3. The van der Waals surface area contributed by atoms with Crippen LogP contribution in [0.4, 0.5) is 5.69 Å². The highest BCUT2D eigenvalue weighted by atomic mass is 16.2. The van der Waals surface area contributed by atoms with Gasteiger partial charge >= 0.3 is 0 Å². The predicted octanol–water partition coefficient (Wildman–Crippen LogP) is 1.23. The maximum atomic E-state index is 12.8. The Bertz CT molecular complexity index is 1030. The van der Waals surface area contributed by atoms with Crippen molar-refractivity contribution in [2.45, 2.75) is 13.8 Å². The van der Waals surface area contributed by atoms with Crippen LogP contribution in [0.2, 0.25) is 0 Å². The van der Waals surface area contributed by atoms with E-state index in [-0.39, 0.29) is 22.7 Å². The molecule has 2 aromatic heterocycles. The van der Waals surface area contributed by atoms with E-state index in [2.05, 4.69) is 57.1 Å². The minimum Gasteiger partial charge on any atom is -0.368 e. The summed E-state index contributed by atoms with van der Waals surface area (Å²) in [6.45, 7) is 6.97. The molecule has 0 atom stereocenters. The van der Waals surface area contributed by atoms with Gasteiger partial charge in [-0.25, -0.2) is 4.98 Å². The Labute approximate surface area is 149 Å². The second-order valence-corrected chi connectivity index (χ2v) is 6.53. The van der Waals surface area contributed by atoms with E-state index >= 15 is 0 Å². The number of carbonyl (C=O) groups excluding carboxylic acids is 1. The molecular weight excluding hydrogens is 332 g/mol. The van der Waals surface area contributed by atoms with E-state index in [1.807, 2.05) is 0 Å². The number of aromatic nitrogens is 4. The Hall–Kier alpha value is -3.16. The monoisotopic (exact) mass is 352 g/mol. The molecule has 0 bridgehead atoms. The highest BCUT2D eigenvalue weighted by Gasteiger charge is 2.26. The maximum absolute atomic E-state index is 12.8. The number of anilines is 1. The first-order valence-corrected chi connectivity index (χ1v) is 8.58. The van der Waals surface area contributed by atoms with Crippen LogP contribution in [0.25, 0.3) is 11.0 Å². The molecule has 1 fully saturated rings. The Kier molecular flexibility index (Phi) is 3.95. The second kappa shape index (κ2) is 6.29. The third-order valence-corrected chi connectivity index (χ3v) is 5.04. The average molecular weight is 352 g/mol. The fraction of sp³-hybridized carbons (Fsp3) is 0.333. The molecule has 0 unspecified atom stereocenters. The van der Waals surface area contributed by atoms with Crippen molar-refractivity contribution in [1.29, 1.82) is 0 Å². The van der Waals surface area contributed by atoms with Gasteiger partial charge in [-0.05, 0) is 31.0 Å². The molecule has 0 spiro atoms. The standard InChI is InChI=1S/C18H20N6O2/c1-11-4-3-5-13(12(11)2)23-6-8-24(9-7-23)18(26)16-14-15(21-22-16)17(25)20-10-19-14/h3-5,10H,6-9H2,1-2H3,(H,21,22)(H,19,20,25). The number of hydrogen-bond acceptors (Lipinski definition) is 5. The molecule has 4 rings (SSSR count). The molecule has 2 N–H and O–H groups in total. The number of nitrogens with zero attached hydrogens (tertiary/aromatic N) is 4. The van der Waals surface area contributed by atoms with Crippen molar-refractivity contribution < 1.29 is 4.79 Å². The van der Waals surface area contributed by atoms with Crippen LogP contribution in [0.1, 0.15) is 21.6 Å². The Morgan fingerprint density at radius 2 is 1.88 bits per heavy atom. The first-order chi connectivity index (χ1) is 12.6. The number of fused-ring (bicyclic) bond motifs is 1. The third-order valence-electron chi connectivity index (χ3n) is 5.04.